The molecule has 0 bridgehead atoms. The first-order chi connectivity index (χ1) is 6.62. The normalized spacial score (nSPS) is 11.5. The number of hydrogen-bond acceptors (Lipinski definition) is 0. The van der Waals surface area contributed by atoms with Crippen LogP contribution in [0, 0.1) is 0 Å². The third-order valence-corrected chi connectivity index (χ3v) is 3.06. The minimum atomic E-state index is 0. The Morgan fingerprint density at radius 1 is 0.824 bits per heavy atom. The Morgan fingerprint density at radius 3 is 1.65 bits per heavy atom. The fraction of sp³-hybridized carbons (Fsp3) is 0.571. The Hall–Kier alpha value is 0.845. The molecule has 1 aromatic carbocycles. The zero-order valence-corrected chi connectivity index (χ0v) is 13.6. The van der Waals surface area contributed by atoms with E-state index in [0.717, 1.165) is 5.30 Å². The number of rotatable bonds is 0. The van der Waals surface area contributed by atoms with E-state index in [4.69, 9.17) is 0 Å². The third-order valence-electron chi connectivity index (χ3n) is 2.67. The summed E-state index contributed by atoms with van der Waals surface area (Å²) in [5.74, 6) is 0. The zero-order valence-electron chi connectivity index (χ0n) is 12.7. The van der Waals surface area contributed by atoms with Crippen LogP contribution in [0.25, 0.3) is 0 Å². The van der Waals surface area contributed by atoms with Crippen molar-refractivity contribution in [3.05, 3.63) is 29.3 Å². The first kappa shape index (κ1) is 20.2. The molecule has 1 aromatic rings. The van der Waals surface area contributed by atoms with Crippen molar-refractivity contribution in [2.75, 3.05) is 0 Å². The van der Waals surface area contributed by atoms with E-state index in [9.17, 15) is 0 Å². The van der Waals surface area contributed by atoms with Crippen molar-refractivity contribution in [1.82, 2.24) is 0 Å². The average molecular weight is 234 g/mol. The molecule has 0 aliphatic rings. The van der Waals surface area contributed by atoms with Gasteiger partial charge in [0.1, 0.15) is 0 Å². The summed E-state index contributed by atoms with van der Waals surface area (Å²) in [5.41, 5.74) is 3.09. The van der Waals surface area contributed by atoms with Crippen LogP contribution in [0.4, 0.5) is 0 Å². The van der Waals surface area contributed by atoms with Gasteiger partial charge in [0.05, 0.1) is 0 Å². The molecule has 0 saturated heterocycles. The molecule has 0 N–H and O–H groups in total. The summed E-state index contributed by atoms with van der Waals surface area (Å²) in [6.45, 7) is 13.4. The summed E-state index contributed by atoms with van der Waals surface area (Å²) in [5, 5.41) is 1.09. The van der Waals surface area contributed by atoms with Crippen molar-refractivity contribution in [2.24, 2.45) is 0 Å². The molecule has 0 saturated carbocycles. The van der Waals surface area contributed by atoms with Gasteiger partial charge in [0, 0.05) is 0 Å². The molecular weight excluding hydrogens is 213 g/mol. The number of benzene rings is 1. The van der Waals surface area contributed by atoms with Gasteiger partial charge < -0.3 is 14.5 Å². The maximum Gasteiger partial charge on any atom is 1.00 e. The van der Waals surface area contributed by atoms with Crippen molar-refractivity contribution < 1.29 is 37.7 Å². The van der Waals surface area contributed by atoms with Gasteiger partial charge in [-0.25, -0.2) is 0 Å². The molecule has 0 aliphatic carbocycles. The van der Waals surface area contributed by atoms with Crippen molar-refractivity contribution in [1.29, 1.82) is 0 Å². The first-order valence-electron chi connectivity index (χ1n) is 5.46. The molecule has 0 unspecified atom stereocenters. The molecule has 0 amide bonds. The molecule has 0 radical (unpaired) electrons. The van der Waals surface area contributed by atoms with Crippen molar-refractivity contribution >= 4 is 14.5 Å². The molecule has 0 atom stereocenters. The van der Waals surface area contributed by atoms with E-state index in [1.54, 1.807) is 0 Å². The van der Waals surface area contributed by atoms with Crippen LogP contribution in [-0.4, -0.2) is 0 Å². The summed E-state index contributed by atoms with van der Waals surface area (Å²) in [6.07, 6.45) is 0. The third kappa shape index (κ3) is 5.56. The Balaban J connectivity index is 0. The second-order valence-corrected chi connectivity index (χ2v) is 6.71. The molecule has 0 spiro atoms. The van der Waals surface area contributed by atoms with Gasteiger partial charge in [-0.3, -0.25) is 0 Å². The van der Waals surface area contributed by atoms with E-state index in [1.165, 1.54) is 11.1 Å². The van der Waals surface area contributed by atoms with E-state index in [-0.39, 0.29) is 48.6 Å². The summed E-state index contributed by atoms with van der Waals surface area (Å²) < 4.78 is 0. The van der Waals surface area contributed by atoms with Gasteiger partial charge in [-0.1, -0.05) is 59.2 Å². The van der Waals surface area contributed by atoms with Gasteiger partial charge in [0.2, 0.25) is 0 Å². The Morgan fingerprint density at radius 2 is 1.29 bits per heavy atom. The fourth-order valence-corrected chi connectivity index (χ4v) is 2.08. The fourth-order valence-electron chi connectivity index (χ4n) is 1.60. The van der Waals surface area contributed by atoms with Gasteiger partial charge in [0.25, 0.3) is 0 Å². The van der Waals surface area contributed by atoms with Gasteiger partial charge in [-0.05, 0) is 16.4 Å². The van der Waals surface area contributed by atoms with E-state index < -0.39 is 0 Å². The second kappa shape index (κ2) is 6.85. The van der Waals surface area contributed by atoms with Crippen LogP contribution < -0.4 is 43.0 Å². The van der Waals surface area contributed by atoms with Crippen LogP contribution in [0.15, 0.2) is 18.2 Å². The smallest absolute Gasteiger partial charge is 1.00 e. The Bertz CT molecular complexity index is 359. The van der Waals surface area contributed by atoms with E-state index in [2.05, 4.69) is 69.0 Å². The molecule has 0 fully saturated rings. The van der Waals surface area contributed by atoms with Crippen molar-refractivity contribution in [2.45, 2.75) is 52.4 Å². The van der Waals surface area contributed by atoms with Gasteiger partial charge in [-0.2, -0.15) is 0 Å². The average Bonchev–Trinajstić information content (AvgIpc) is 2.00. The monoisotopic (exact) mass is 234 g/mol. The Kier molecular flexibility index (Phi) is 8.13. The molecular formula is C14H21Li2P. The minimum Gasteiger partial charge on any atom is -1.45 e. The van der Waals surface area contributed by atoms with Crippen LogP contribution in [0.1, 0.15) is 52.7 Å². The summed E-state index contributed by atoms with van der Waals surface area (Å²) in [6, 6.07) is 6.59. The maximum atomic E-state index is 4.53. The molecule has 0 heterocycles. The SMILES string of the molecule is CC(C)(C)c1ccc([P-2])c(C(C)(C)C)c1.[Li+].[Li+]. The summed E-state index contributed by atoms with van der Waals surface area (Å²) >= 11 is 0. The van der Waals surface area contributed by atoms with Crippen molar-refractivity contribution in [3.8, 4) is 0 Å². The van der Waals surface area contributed by atoms with Gasteiger partial charge >= 0.3 is 37.7 Å². The molecule has 17 heavy (non-hydrogen) atoms. The molecule has 3 heteroatoms. The topological polar surface area (TPSA) is 0 Å². The van der Waals surface area contributed by atoms with Crippen LogP contribution in [0.2, 0.25) is 0 Å². The number of hydrogen-bond donors (Lipinski definition) is 0. The summed E-state index contributed by atoms with van der Waals surface area (Å²) in [7, 11) is 4.53. The molecule has 0 aromatic heterocycles. The van der Waals surface area contributed by atoms with Gasteiger partial charge in [0.15, 0.2) is 0 Å². The van der Waals surface area contributed by atoms with Crippen LogP contribution in [0.3, 0.4) is 0 Å². The zero-order chi connectivity index (χ0) is 11.9. The van der Waals surface area contributed by atoms with Crippen molar-refractivity contribution in [3.63, 3.8) is 0 Å². The standard InChI is InChI=1S/C14H21P.2Li/c1-13(2,3)10-7-8-12(15)11(9-10)14(4,5)6;;/h7-9H,1-6H3;;/q-2;2*+1. The first-order valence-corrected chi connectivity index (χ1v) is 5.91. The minimum absolute atomic E-state index is 0. The predicted molar refractivity (Wildman–Crippen MR) is 70.4 cm³/mol. The largest absolute Gasteiger partial charge is 1.45 e. The quantitative estimate of drug-likeness (QED) is 0.372. The molecule has 0 nitrogen and oxygen atoms in total. The summed E-state index contributed by atoms with van der Waals surface area (Å²) in [4.78, 5) is 0. The molecule has 1 rings (SSSR count). The van der Waals surface area contributed by atoms with Crippen LogP contribution in [-0.2, 0) is 10.8 Å². The van der Waals surface area contributed by atoms with E-state index >= 15 is 0 Å². The van der Waals surface area contributed by atoms with Gasteiger partial charge in [-0.15, -0.1) is 6.07 Å². The molecule has 0 aliphatic heterocycles. The second-order valence-electron chi connectivity index (χ2n) is 6.23. The maximum absolute atomic E-state index is 4.53. The predicted octanol–water partition coefficient (Wildman–Crippen LogP) is -1.67. The Labute approximate surface area is 133 Å². The molecule has 84 valence electrons. The van der Waals surface area contributed by atoms with Crippen LogP contribution >= 0.6 is 9.24 Å². The van der Waals surface area contributed by atoms with E-state index in [1.807, 2.05) is 0 Å². The van der Waals surface area contributed by atoms with Crippen LogP contribution in [0.5, 0.6) is 0 Å². The van der Waals surface area contributed by atoms with E-state index in [0.29, 0.717) is 0 Å².